The highest BCUT2D eigenvalue weighted by Gasteiger charge is 2.19. The van der Waals surface area contributed by atoms with Gasteiger partial charge in [0, 0.05) is 12.6 Å². The number of nitrogens with zero attached hydrogens (tertiary/aromatic N) is 1. The third kappa shape index (κ3) is 4.06. The molecule has 1 heterocycles. The van der Waals surface area contributed by atoms with Gasteiger partial charge in [-0.15, -0.1) is 0 Å². The van der Waals surface area contributed by atoms with Gasteiger partial charge in [-0.05, 0) is 5.92 Å². The minimum Gasteiger partial charge on any atom is -0.463 e. The van der Waals surface area contributed by atoms with Crippen molar-refractivity contribution in [3.05, 3.63) is 17.5 Å². The second kappa shape index (κ2) is 6.89. The summed E-state index contributed by atoms with van der Waals surface area (Å²) in [6, 6.07) is 1.19. The number of aliphatic hydroxyl groups excluding tert-OH is 1. The Morgan fingerprint density at radius 1 is 1.58 bits per heavy atom. The Morgan fingerprint density at radius 2 is 2.26 bits per heavy atom. The van der Waals surface area contributed by atoms with Crippen LogP contribution in [0.5, 0.6) is 0 Å². The van der Waals surface area contributed by atoms with E-state index in [0.29, 0.717) is 0 Å². The van der Waals surface area contributed by atoms with Crippen LogP contribution in [0.25, 0.3) is 0 Å². The van der Waals surface area contributed by atoms with Crippen LogP contribution in [0, 0.1) is 5.92 Å². The van der Waals surface area contributed by atoms with E-state index in [1.807, 2.05) is 13.8 Å². The number of aromatic nitrogens is 1. The van der Waals surface area contributed by atoms with Crippen molar-refractivity contribution in [1.82, 2.24) is 10.5 Å². The molecule has 0 aliphatic heterocycles. The molecule has 0 unspecified atom stereocenters. The Morgan fingerprint density at radius 3 is 2.84 bits per heavy atom. The van der Waals surface area contributed by atoms with Crippen LogP contribution in [0.1, 0.15) is 41.3 Å². The Bertz CT molecular complexity index is 443. The third-order valence-electron chi connectivity index (χ3n) is 2.90. The van der Waals surface area contributed by atoms with Crippen molar-refractivity contribution < 1.29 is 24.0 Å². The molecular formula is C12H18N2O5. The minimum absolute atomic E-state index is 0.0308. The summed E-state index contributed by atoms with van der Waals surface area (Å²) in [7, 11) is 1.20. The van der Waals surface area contributed by atoms with Crippen molar-refractivity contribution in [2.45, 2.75) is 26.4 Å². The predicted octanol–water partition coefficient (Wildman–Crippen LogP) is 0.598. The number of aliphatic hydroxyl groups is 1. The summed E-state index contributed by atoms with van der Waals surface area (Å²) >= 11 is 0. The van der Waals surface area contributed by atoms with Crippen molar-refractivity contribution in [2.75, 3.05) is 13.7 Å². The first-order chi connectivity index (χ1) is 8.99. The normalized spacial score (nSPS) is 13.7. The van der Waals surface area contributed by atoms with Gasteiger partial charge in [0.15, 0.2) is 5.69 Å². The molecule has 7 nitrogen and oxygen atoms in total. The SMILES string of the molecule is CC[C@@H](C)[C@H](O)CNC(=O)c1cc(C(=O)OC)on1. The molecule has 0 spiro atoms. The van der Waals surface area contributed by atoms with Gasteiger partial charge in [0.2, 0.25) is 5.76 Å². The number of ether oxygens (including phenoxy) is 1. The summed E-state index contributed by atoms with van der Waals surface area (Å²) in [5.74, 6) is -1.27. The van der Waals surface area contributed by atoms with Gasteiger partial charge in [-0.25, -0.2) is 4.79 Å². The molecule has 1 rings (SSSR count). The quantitative estimate of drug-likeness (QED) is 0.734. The molecule has 2 N–H and O–H groups in total. The van der Waals surface area contributed by atoms with Gasteiger partial charge in [-0.1, -0.05) is 25.4 Å². The molecule has 0 aliphatic carbocycles. The number of carbonyl (C=O) groups excluding carboxylic acids is 2. The van der Waals surface area contributed by atoms with Crippen molar-refractivity contribution >= 4 is 11.9 Å². The zero-order valence-electron chi connectivity index (χ0n) is 11.2. The Hall–Kier alpha value is -1.89. The summed E-state index contributed by atoms with van der Waals surface area (Å²) in [5, 5.41) is 15.7. The average Bonchev–Trinajstić information content (AvgIpc) is 2.92. The number of methoxy groups -OCH3 is 1. The van der Waals surface area contributed by atoms with Crippen molar-refractivity contribution in [1.29, 1.82) is 0 Å². The fourth-order valence-corrected chi connectivity index (χ4v) is 1.34. The third-order valence-corrected chi connectivity index (χ3v) is 2.90. The zero-order valence-corrected chi connectivity index (χ0v) is 11.2. The Labute approximate surface area is 110 Å². The molecule has 0 aliphatic rings. The van der Waals surface area contributed by atoms with Gasteiger partial charge in [0.05, 0.1) is 13.2 Å². The molecule has 2 atom stereocenters. The van der Waals surface area contributed by atoms with Gasteiger partial charge < -0.3 is 19.7 Å². The lowest BCUT2D eigenvalue weighted by molar-refractivity contribution is 0.0554. The first-order valence-electron chi connectivity index (χ1n) is 6.00. The number of amides is 1. The molecule has 0 fully saturated rings. The standard InChI is InChI=1S/C12H18N2O5/c1-4-7(2)9(15)6-13-11(16)8-5-10(19-14-8)12(17)18-3/h5,7,9,15H,4,6H2,1-3H3,(H,13,16)/t7-,9-/m1/s1. The maximum absolute atomic E-state index is 11.7. The molecule has 1 aromatic rings. The topological polar surface area (TPSA) is 102 Å². The predicted molar refractivity (Wildman–Crippen MR) is 65.6 cm³/mol. The molecule has 1 amide bonds. The molecule has 106 valence electrons. The number of hydrogen-bond acceptors (Lipinski definition) is 6. The van der Waals surface area contributed by atoms with E-state index in [-0.39, 0.29) is 23.9 Å². The van der Waals surface area contributed by atoms with E-state index in [2.05, 4.69) is 19.7 Å². The van der Waals surface area contributed by atoms with E-state index >= 15 is 0 Å². The van der Waals surface area contributed by atoms with Crippen LogP contribution < -0.4 is 5.32 Å². The first-order valence-corrected chi connectivity index (χ1v) is 6.00. The molecule has 0 radical (unpaired) electrons. The van der Waals surface area contributed by atoms with E-state index in [4.69, 9.17) is 0 Å². The summed E-state index contributed by atoms with van der Waals surface area (Å²) < 4.78 is 9.10. The lowest BCUT2D eigenvalue weighted by atomic mass is 10.0. The monoisotopic (exact) mass is 270 g/mol. The molecule has 0 aromatic carbocycles. The summed E-state index contributed by atoms with van der Waals surface area (Å²) in [6.07, 6.45) is 0.189. The van der Waals surface area contributed by atoms with Crippen molar-refractivity contribution in [3.8, 4) is 0 Å². The van der Waals surface area contributed by atoms with E-state index in [1.165, 1.54) is 13.2 Å². The highest BCUT2D eigenvalue weighted by atomic mass is 16.5. The fourth-order valence-electron chi connectivity index (χ4n) is 1.34. The van der Waals surface area contributed by atoms with Crippen LogP contribution in [0.4, 0.5) is 0 Å². The zero-order chi connectivity index (χ0) is 14.4. The van der Waals surface area contributed by atoms with Crippen LogP contribution >= 0.6 is 0 Å². The summed E-state index contributed by atoms with van der Waals surface area (Å²) in [6.45, 7) is 3.96. The second-order valence-electron chi connectivity index (χ2n) is 4.23. The van der Waals surface area contributed by atoms with Crippen LogP contribution in [0.2, 0.25) is 0 Å². The maximum Gasteiger partial charge on any atom is 0.376 e. The molecule has 0 saturated heterocycles. The molecule has 1 aromatic heterocycles. The molecule has 0 saturated carbocycles. The Balaban J connectivity index is 2.54. The lowest BCUT2D eigenvalue weighted by Crippen LogP contribution is -2.35. The smallest absolute Gasteiger partial charge is 0.376 e. The number of carbonyl (C=O) groups is 2. The second-order valence-corrected chi connectivity index (χ2v) is 4.23. The summed E-state index contributed by atoms with van der Waals surface area (Å²) in [5.41, 5.74) is -0.0308. The van der Waals surface area contributed by atoms with Gasteiger partial charge in [0.1, 0.15) is 0 Å². The van der Waals surface area contributed by atoms with Crippen LogP contribution in [-0.4, -0.2) is 41.9 Å². The van der Waals surface area contributed by atoms with Gasteiger partial charge in [0.25, 0.3) is 5.91 Å². The van der Waals surface area contributed by atoms with Crippen molar-refractivity contribution in [2.24, 2.45) is 5.92 Å². The van der Waals surface area contributed by atoms with Gasteiger partial charge >= 0.3 is 5.97 Å². The average molecular weight is 270 g/mol. The highest BCUT2D eigenvalue weighted by Crippen LogP contribution is 2.07. The fraction of sp³-hybridized carbons (Fsp3) is 0.583. The highest BCUT2D eigenvalue weighted by molar-refractivity contribution is 5.95. The van der Waals surface area contributed by atoms with E-state index in [1.54, 1.807) is 0 Å². The summed E-state index contributed by atoms with van der Waals surface area (Å²) in [4.78, 5) is 22.8. The number of nitrogens with one attached hydrogen (secondary N) is 1. The molecule has 7 heteroatoms. The number of rotatable bonds is 6. The van der Waals surface area contributed by atoms with Crippen molar-refractivity contribution in [3.63, 3.8) is 0 Å². The molecule has 0 bridgehead atoms. The number of hydrogen-bond donors (Lipinski definition) is 2. The Kier molecular flexibility index (Phi) is 5.50. The van der Waals surface area contributed by atoms with Gasteiger partial charge in [-0.2, -0.15) is 0 Å². The molecule has 19 heavy (non-hydrogen) atoms. The maximum atomic E-state index is 11.7. The minimum atomic E-state index is -0.703. The lowest BCUT2D eigenvalue weighted by Gasteiger charge is -2.16. The van der Waals surface area contributed by atoms with Crippen LogP contribution in [0.3, 0.4) is 0 Å². The largest absolute Gasteiger partial charge is 0.463 e. The van der Waals surface area contributed by atoms with E-state index in [0.717, 1.165) is 6.42 Å². The first kappa shape index (κ1) is 15.2. The molecular weight excluding hydrogens is 252 g/mol. The van der Waals surface area contributed by atoms with Crippen LogP contribution in [-0.2, 0) is 4.74 Å². The van der Waals surface area contributed by atoms with Gasteiger partial charge in [-0.3, -0.25) is 4.79 Å². The number of esters is 1. The van der Waals surface area contributed by atoms with Crippen LogP contribution in [0.15, 0.2) is 10.6 Å². The van der Waals surface area contributed by atoms with E-state index in [9.17, 15) is 14.7 Å². The van der Waals surface area contributed by atoms with E-state index < -0.39 is 18.0 Å².